The number of nitrogens with one attached hydrogen (secondary N) is 1. The van der Waals surface area contributed by atoms with Crippen LogP contribution in [-0.2, 0) is 4.79 Å². The number of hydrogen-bond acceptors (Lipinski definition) is 5. The number of amides is 1. The van der Waals surface area contributed by atoms with Crippen molar-refractivity contribution in [2.75, 3.05) is 5.32 Å². The van der Waals surface area contributed by atoms with Crippen LogP contribution in [0.5, 0.6) is 0 Å². The minimum atomic E-state index is -0.467. The van der Waals surface area contributed by atoms with Crippen molar-refractivity contribution in [1.82, 2.24) is 19.6 Å². The van der Waals surface area contributed by atoms with E-state index in [0.717, 1.165) is 11.3 Å². The van der Waals surface area contributed by atoms with E-state index in [0.29, 0.717) is 17.2 Å². The van der Waals surface area contributed by atoms with Crippen LogP contribution >= 0.6 is 0 Å². The summed E-state index contributed by atoms with van der Waals surface area (Å²) >= 11 is 0. The van der Waals surface area contributed by atoms with Crippen molar-refractivity contribution in [2.24, 2.45) is 0 Å². The quantitative estimate of drug-likeness (QED) is 0.292. The number of para-hydroxylation sites is 1. The smallest absolute Gasteiger partial charge is 0.269 e. The highest BCUT2D eigenvalue weighted by molar-refractivity contribution is 6.01. The predicted molar refractivity (Wildman–Crippen MR) is 116 cm³/mol. The average molecular weight is 414 g/mol. The Morgan fingerprint density at radius 1 is 1.10 bits per heavy atom. The van der Waals surface area contributed by atoms with Crippen molar-refractivity contribution in [1.29, 1.82) is 0 Å². The minimum Gasteiger partial charge on any atom is -0.307 e. The van der Waals surface area contributed by atoms with Gasteiger partial charge in [0.05, 0.1) is 28.2 Å². The molecule has 0 aliphatic heterocycles. The van der Waals surface area contributed by atoms with Crippen molar-refractivity contribution >= 4 is 23.5 Å². The van der Waals surface area contributed by atoms with Crippen LogP contribution in [0.4, 0.5) is 11.5 Å². The lowest BCUT2D eigenvalue weighted by Crippen LogP contribution is -2.12. The molecule has 31 heavy (non-hydrogen) atoms. The van der Waals surface area contributed by atoms with Gasteiger partial charge in [0.2, 0.25) is 5.91 Å². The van der Waals surface area contributed by atoms with Gasteiger partial charge in [-0.1, -0.05) is 18.2 Å². The van der Waals surface area contributed by atoms with Crippen LogP contribution in [0, 0.1) is 17.0 Å². The Balaban J connectivity index is 1.48. The highest BCUT2D eigenvalue weighted by atomic mass is 16.6. The van der Waals surface area contributed by atoms with Gasteiger partial charge < -0.3 is 5.32 Å². The largest absolute Gasteiger partial charge is 0.307 e. The van der Waals surface area contributed by atoms with Crippen molar-refractivity contribution < 1.29 is 9.72 Å². The number of nitro groups is 1. The third-order valence-electron chi connectivity index (χ3n) is 4.44. The van der Waals surface area contributed by atoms with Gasteiger partial charge >= 0.3 is 0 Å². The SMILES string of the molecule is Cc1cc(NC(=O)/C=C/c2cnn(-c3ccccc3)c2)n(-c2ccc([N+](=O)[O-])cc2)n1. The first-order valence-corrected chi connectivity index (χ1v) is 9.40. The van der Waals surface area contributed by atoms with E-state index in [1.807, 2.05) is 36.5 Å². The van der Waals surface area contributed by atoms with Gasteiger partial charge in [-0.05, 0) is 37.3 Å². The summed E-state index contributed by atoms with van der Waals surface area (Å²) in [7, 11) is 0. The number of hydrogen-bond donors (Lipinski definition) is 1. The molecule has 1 N–H and O–H groups in total. The van der Waals surface area contributed by atoms with E-state index in [1.54, 1.807) is 42.1 Å². The molecule has 9 nitrogen and oxygen atoms in total. The summed E-state index contributed by atoms with van der Waals surface area (Å²) in [5.41, 5.74) is 2.98. The summed E-state index contributed by atoms with van der Waals surface area (Å²) in [5.74, 6) is 0.122. The van der Waals surface area contributed by atoms with Gasteiger partial charge in [-0.3, -0.25) is 14.9 Å². The molecule has 154 valence electrons. The molecule has 4 aromatic rings. The molecule has 1 amide bonds. The molecule has 0 saturated carbocycles. The Hall–Kier alpha value is -4.53. The maximum atomic E-state index is 12.4. The first kappa shape index (κ1) is 19.8. The van der Waals surface area contributed by atoms with Crippen molar-refractivity contribution in [3.8, 4) is 11.4 Å². The Morgan fingerprint density at radius 3 is 2.55 bits per heavy atom. The molecule has 4 rings (SSSR count). The van der Waals surface area contributed by atoms with Crippen molar-refractivity contribution in [3.05, 3.63) is 101 Å². The lowest BCUT2D eigenvalue weighted by molar-refractivity contribution is -0.384. The summed E-state index contributed by atoms with van der Waals surface area (Å²) in [6.07, 6.45) is 6.57. The van der Waals surface area contributed by atoms with Crippen molar-refractivity contribution in [2.45, 2.75) is 6.92 Å². The number of anilines is 1. The number of rotatable bonds is 6. The molecule has 0 spiro atoms. The second-order valence-electron chi connectivity index (χ2n) is 6.73. The summed E-state index contributed by atoms with van der Waals surface area (Å²) in [6.45, 7) is 1.80. The van der Waals surface area contributed by atoms with Gasteiger partial charge in [0.15, 0.2) is 0 Å². The van der Waals surface area contributed by atoms with Gasteiger partial charge in [0.1, 0.15) is 5.82 Å². The third-order valence-corrected chi connectivity index (χ3v) is 4.44. The number of carbonyl (C=O) groups is 1. The summed E-state index contributed by atoms with van der Waals surface area (Å²) in [4.78, 5) is 22.8. The molecule has 0 aliphatic carbocycles. The highest BCUT2D eigenvalue weighted by Crippen LogP contribution is 2.20. The van der Waals surface area contributed by atoms with E-state index < -0.39 is 4.92 Å². The van der Waals surface area contributed by atoms with Gasteiger partial charge in [0.25, 0.3) is 5.69 Å². The maximum absolute atomic E-state index is 12.4. The van der Waals surface area contributed by atoms with Crippen LogP contribution in [0.3, 0.4) is 0 Å². The molecule has 9 heteroatoms. The van der Waals surface area contributed by atoms with E-state index in [4.69, 9.17) is 0 Å². The molecule has 0 fully saturated rings. The van der Waals surface area contributed by atoms with Crippen LogP contribution in [0.2, 0.25) is 0 Å². The average Bonchev–Trinajstić information content (AvgIpc) is 3.39. The van der Waals surface area contributed by atoms with E-state index in [-0.39, 0.29) is 11.6 Å². The molecule has 0 saturated heterocycles. The molecular formula is C22H18N6O3. The molecular weight excluding hydrogens is 396 g/mol. The van der Waals surface area contributed by atoms with Gasteiger partial charge in [0, 0.05) is 36.0 Å². The zero-order chi connectivity index (χ0) is 21.8. The zero-order valence-electron chi connectivity index (χ0n) is 16.5. The molecule has 0 atom stereocenters. The number of aromatic nitrogens is 4. The number of nitro benzene ring substituents is 1. The van der Waals surface area contributed by atoms with Gasteiger partial charge in [-0.2, -0.15) is 10.2 Å². The zero-order valence-corrected chi connectivity index (χ0v) is 16.5. The minimum absolute atomic E-state index is 0.0165. The fraction of sp³-hybridized carbons (Fsp3) is 0.0455. The fourth-order valence-corrected chi connectivity index (χ4v) is 2.99. The Kier molecular flexibility index (Phi) is 5.39. The normalized spacial score (nSPS) is 11.0. The van der Waals surface area contributed by atoms with E-state index in [2.05, 4.69) is 15.5 Å². The van der Waals surface area contributed by atoms with Crippen molar-refractivity contribution in [3.63, 3.8) is 0 Å². The number of carbonyl (C=O) groups excluding carboxylic acids is 1. The first-order valence-electron chi connectivity index (χ1n) is 9.40. The molecule has 0 unspecified atom stereocenters. The predicted octanol–water partition coefficient (Wildman–Crippen LogP) is 3.93. The fourth-order valence-electron chi connectivity index (χ4n) is 2.99. The van der Waals surface area contributed by atoms with Crippen LogP contribution in [0.25, 0.3) is 17.5 Å². The number of aryl methyl sites for hydroxylation is 1. The lowest BCUT2D eigenvalue weighted by atomic mass is 10.3. The highest BCUT2D eigenvalue weighted by Gasteiger charge is 2.11. The van der Waals surface area contributed by atoms with E-state index in [1.165, 1.54) is 22.9 Å². The maximum Gasteiger partial charge on any atom is 0.269 e. The standard InChI is InChI=1S/C22H18N6O3/c1-16-13-21(27(25-16)19-8-10-20(11-9-19)28(30)31)24-22(29)12-7-17-14-23-26(15-17)18-5-3-2-4-6-18/h2-15H,1H3,(H,24,29)/b12-7+. The number of non-ortho nitro benzene ring substituents is 1. The third kappa shape index (κ3) is 4.56. The molecule has 2 aromatic carbocycles. The first-order chi connectivity index (χ1) is 15.0. The summed E-state index contributed by atoms with van der Waals surface area (Å²) in [5, 5.41) is 22.3. The topological polar surface area (TPSA) is 108 Å². The summed E-state index contributed by atoms with van der Waals surface area (Å²) in [6, 6.07) is 17.3. The lowest BCUT2D eigenvalue weighted by Gasteiger charge is -2.07. The molecule has 0 bridgehead atoms. The van der Waals surface area contributed by atoms with Gasteiger partial charge in [-0.15, -0.1) is 0 Å². The second kappa shape index (κ2) is 8.46. The Labute approximate surface area is 177 Å². The Morgan fingerprint density at radius 2 is 1.84 bits per heavy atom. The Bertz CT molecular complexity index is 1260. The van der Waals surface area contributed by atoms with Crippen LogP contribution in [-0.4, -0.2) is 30.4 Å². The summed E-state index contributed by atoms with van der Waals surface area (Å²) < 4.78 is 3.25. The van der Waals surface area contributed by atoms with Crippen LogP contribution in [0.1, 0.15) is 11.3 Å². The monoisotopic (exact) mass is 414 g/mol. The van der Waals surface area contributed by atoms with Crippen LogP contribution < -0.4 is 5.32 Å². The number of benzene rings is 2. The molecule has 0 aliphatic rings. The molecule has 0 radical (unpaired) electrons. The number of nitrogens with zero attached hydrogens (tertiary/aromatic N) is 5. The van der Waals surface area contributed by atoms with Gasteiger partial charge in [-0.25, -0.2) is 9.36 Å². The van der Waals surface area contributed by atoms with Crippen LogP contribution in [0.15, 0.2) is 79.1 Å². The second-order valence-corrected chi connectivity index (χ2v) is 6.73. The molecule has 2 aromatic heterocycles. The van der Waals surface area contributed by atoms with E-state index in [9.17, 15) is 14.9 Å². The van der Waals surface area contributed by atoms with E-state index >= 15 is 0 Å². The molecule has 2 heterocycles.